The van der Waals surface area contributed by atoms with Crippen LogP contribution in [0.4, 0.5) is 5.69 Å². The molecule has 1 amide bonds. The molecule has 0 saturated heterocycles. The standard InChI is InChI=1S/C11H9BrN4O2S/c1-5(17)16-8-3-2-6(12)4-7(8)9-11(16,18)13-10(19)15-14-9/h2-4,18H,1H3,(H2,13,15,19)/t11-/m0/s1. The summed E-state index contributed by atoms with van der Waals surface area (Å²) in [5, 5.41) is 17.6. The Bertz CT molecular complexity index is 648. The maximum atomic E-state index is 11.9. The third-order valence-corrected chi connectivity index (χ3v) is 3.67. The summed E-state index contributed by atoms with van der Waals surface area (Å²) >= 11 is 8.30. The van der Waals surface area contributed by atoms with Crippen molar-refractivity contribution in [2.75, 3.05) is 4.90 Å². The van der Waals surface area contributed by atoms with Crippen LogP contribution in [0.15, 0.2) is 27.8 Å². The Morgan fingerprint density at radius 1 is 1.58 bits per heavy atom. The Balaban J connectivity index is 2.28. The number of benzene rings is 1. The molecule has 1 aromatic carbocycles. The van der Waals surface area contributed by atoms with Crippen LogP contribution in [0.2, 0.25) is 0 Å². The molecule has 0 bridgehead atoms. The number of carbonyl (C=O) groups is 1. The molecule has 0 unspecified atom stereocenters. The van der Waals surface area contributed by atoms with E-state index in [9.17, 15) is 9.90 Å². The number of nitrogens with zero attached hydrogens (tertiary/aromatic N) is 2. The fourth-order valence-electron chi connectivity index (χ4n) is 2.30. The molecule has 0 radical (unpaired) electrons. The smallest absolute Gasteiger partial charge is 0.273 e. The molecule has 98 valence electrons. The number of carbonyl (C=O) groups excluding carboxylic acids is 1. The van der Waals surface area contributed by atoms with E-state index in [1.165, 1.54) is 11.8 Å². The average Bonchev–Trinajstić information content (AvgIpc) is 2.55. The summed E-state index contributed by atoms with van der Waals surface area (Å²) in [7, 11) is 0. The molecule has 3 N–H and O–H groups in total. The molecule has 2 aliphatic heterocycles. The van der Waals surface area contributed by atoms with E-state index in [1.54, 1.807) is 18.2 Å². The first-order valence-corrected chi connectivity index (χ1v) is 6.63. The summed E-state index contributed by atoms with van der Waals surface area (Å²) in [5.41, 5.74) is 4.15. The monoisotopic (exact) mass is 340 g/mol. The van der Waals surface area contributed by atoms with Crippen molar-refractivity contribution < 1.29 is 9.90 Å². The van der Waals surface area contributed by atoms with Crippen molar-refractivity contribution in [3.05, 3.63) is 28.2 Å². The molecule has 0 aromatic heterocycles. The van der Waals surface area contributed by atoms with Crippen molar-refractivity contribution in [3.8, 4) is 0 Å². The van der Waals surface area contributed by atoms with Crippen molar-refractivity contribution >= 4 is 50.6 Å². The second-order valence-electron chi connectivity index (χ2n) is 4.21. The molecule has 0 fully saturated rings. The lowest BCUT2D eigenvalue weighted by atomic mass is 10.1. The Hall–Kier alpha value is -1.51. The van der Waals surface area contributed by atoms with Gasteiger partial charge in [-0.15, -0.1) is 0 Å². The lowest BCUT2D eigenvalue weighted by molar-refractivity contribution is -0.119. The van der Waals surface area contributed by atoms with Crippen molar-refractivity contribution in [3.63, 3.8) is 0 Å². The van der Waals surface area contributed by atoms with Gasteiger partial charge in [0, 0.05) is 17.0 Å². The van der Waals surface area contributed by atoms with E-state index in [0.29, 0.717) is 17.0 Å². The number of rotatable bonds is 0. The van der Waals surface area contributed by atoms with E-state index in [0.717, 1.165) is 4.47 Å². The predicted molar refractivity (Wildman–Crippen MR) is 77.7 cm³/mol. The third kappa shape index (κ3) is 1.67. The Kier molecular flexibility index (Phi) is 2.63. The van der Waals surface area contributed by atoms with Crippen LogP contribution in [0.1, 0.15) is 12.5 Å². The largest absolute Gasteiger partial charge is 0.349 e. The van der Waals surface area contributed by atoms with E-state index in [2.05, 4.69) is 31.8 Å². The van der Waals surface area contributed by atoms with Gasteiger partial charge in [0.15, 0.2) is 5.11 Å². The first kappa shape index (κ1) is 12.5. The Morgan fingerprint density at radius 3 is 3.00 bits per heavy atom. The molecule has 0 spiro atoms. The van der Waals surface area contributed by atoms with Crippen LogP contribution in [-0.4, -0.2) is 27.7 Å². The fourth-order valence-corrected chi connectivity index (χ4v) is 2.85. The second-order valence-corrected chi connectivity index (χ2v) is 5.54. The molecule has 0 saturated carbocycles. The summed E-state index contributed by atoms with van der Waals surface area (Å²) in [6.07, 6.45) is 0. The lowest BCUT2D eigenvalue weighted by Gasteiger charge is -2.36. The zero-order chi connectivity index (χ0) is 13.8. The number of nitrogens with one attached hydrogen (secondary N) is 2. The topological polar surface area (TPSA) is 77.0 Å². The summed E-state index contributed by atoms with van der Waals surface area (Å²) in [6, 6.07) is 5.33. The molecule has 3 rings (SSSR count). The van der Waals surface area contributed by atoms with Gasteiger partial charge in [-0.2, -0.15) is 5.10 Å². The minimum Gasteiger partial charge on any atom is -0.349 e. The first-order valence-electron chi connectivity index (χ1n) is 5.43. The van der Waals surface area contributed by atoms with Gasteiger partial charge >= 0.3 is 0 Å². The van der Waals surface area contributed by atoms with Crippen LogP contribution in [0.3, 0.4) is 0 Å². The number of hydrogen-bond donors (Lipinski definition) is 3. The number of halogens is 1. The number of aliphatic hydroxyl groups is 1. The Labute approximate surface area is 122 Å². The van der Waals surface area contributed by atoms with Gasteiger partial charge in [-0.25, -0.2) is 0 Å². The van der Waals surface area contributed by atoms with E-state index >= 15 is 0 Å². The number of amides is 1. The number of fused-ring (bicyclic) bond motifs is 3. The maximum absolute atomic E-state index is 11.9. The molecular weight excluding hydrogens is 332 g/mol. The quantitative estimate of drug-likeness (QED) is 0.604. The van der Waals surface area contributed by atoms with E-state index in [-0.39, 0.29) is 11.0 Å². The summed E-state index contributed by atoms with van der Waals surface area (Å²) < 4.78 is 0.829. The van der Waals surface area contributed by atoms with Crippen LogP contribution >= 0.6 is 28.1 Å². The average molecular weight is 341 g/mol. The van der Waals surface area contributed by atoms with Gasteiger partial charge in [0.2, 0.25) is 5.91 Å². The van der Waals surface area contributed by atoms with Crippen molar-refractivity contribution in [1.29, 1.82) is 0 Å². The van der Waals surface area contributed by atoms with Gasteiger partial charge in [0.25, 0.3) is 5.85 Å². The predicted octanol–water partition coefficient (Wildman–Crippen LogP) is 0.643. The maximum Gasteiger partial charge on any atom is 0.273 e. The first-order chi connectivity index (χ1) is 8.93. The molecule has 0 aliphatic carbocycles. The number of anilines is 1. The highest BCUT2D eigenvalue weighted by molar-refractivity contribution is 9.10. The van der Waals surface area contributed by atoms with Gasteiger partial charge in [-0.1, -0.05) is 15.9 Å². The van der Waals surface area contributed by atoms with Crippen LogP contribution < -0.4 is 15.6 Å². The van der Waals surface area contributed by atoms with Crippen molar-refractivity contribution in [2.45, 2.75) is 12.8 Å². The molecule has 6 nitrogen and oxygen atoms in total. The Morgan fingerprint density at radius 2 is 2.32 bits per heavy atom. The lowest BCUT2D eigenvalue weighted by Crippen LogP contribution is -2.68. The molecular formula is C11H9BrN4O2S. The zero-order valence-corrected chi connectivity index (χ0v) is 12.2. The summed E-state index contributed by atoms with van der Waals surface area (Å²) in [5.74, 6) is -2.05. The molecule has 8 heteroatoms. The van der Waals surface area contributed by atoms with Crippen LogP contribution in [-0.2, 0) is 4.79 Å². The highest BCUT2D eigenvalue weighted by Crippen LogP contribution is 2.38. The van der Waals surface area contributed by atoms with Gasteiger partial charge in [-0.3, -0.25) is 15.1 Å². The molecule has 1 atom stereocenters. The third-order valence-electron chi connectivity index (χ3n) is 2.98. The highest BCUT2D eigenvalue weighted by Gasteiger charge is 2.52. The molecule has 2 heterocycles. The van der Waals surface area contributed by atoms with Gasteiger partial charge in [0.05, 0.1) is 5.69 Å². The number of hydrogen-bond acceptors (Lipinski definition) is 4. The highest BCUT2D eigenvalue weighted by atomic mass is 79.9. The van der Waals surface area contributed by atoms with E-state index in [4.69, 9.17) is 12.2 Å². The van der Waals surface area contributed by atoms with Gasteiger partial charge in [0.1, 0.15) is 5.71 Å². The number of thiocarbonyl (C=S) groups is 1. The fraction of sp³-hybridized carbons (Fsp3) is 0.182. The minimum atomic E-state index is -1.74. The van der Waals surface area contributed by atoms with Crippen LogP contribution in [0.25, 0.3) is 0 Å². The van der Waals surface area contributed by atoms with Crippen LogP contribution in [0, 0.1) is 0 Å². The second kappa shape index (κ2) is 3.99. The molecule has 2 aliphatic rings. The van der Waals surface area contributed by atoms with Crippen molar-refractivity contribution in [1.82, 2.24) is 10.7 Å². The molecule has 19 heavy (non-hydrogen) atoms. The summed E-state index contributed by atoms with van der Waals surface area (Å²) in [6.45, 7) is 1.37. The minimum absolute atomic E-state index is 0.157. The van der Waals surface area contributed by atoms with Crippen molar-refractivity contribution in [2.24, 2.45) is 5.10 Å². The van der Waals surface area contributed by atoms with E-state index in [1.807, 2.05) is 0 Å². The van der Waals surface area contributed by atoms with E-state index < -0.39 is 5.85 Å². The normalized spacial score (nSPS) is 24.1. The molecule has 1 aromatic rings. The SMILES string of the molecule is CC(=O)N1c2ccc(Br)cc2C2=NNC(=S)N[C@@]21O. The van der Waals surface area contributed by atoms with Gasteiger partial charge in [-0.05, 0) is 30.4 Å². The number of hydrazone groups is 1. The zero-order valence-electron chi connectivity index (χ0n) is 9.77. The van der Waals surface area contributed by atoms with Crippen LogP contribution in [0.5, 0.6) is 0 Å². The van der Waals surface area contributed by atoms with Gasteiger partial charge < -0.3 is 10.4 Å². The summed E-state index contributed by atoms with van der Waals surface area (Å²) in [4.78, 5) is 13.1.